The fourth-order valence-electron chi connectivity index (χ4n) is 1.84. The van der Waals surface area contributed by atoms with E-state index < -0.39 is 10.4 Å². The van der Waals surface area contributed by atoms with Crippen LogP contribution in [-0.2, 0) is 14.6 Å². The molecule has 5 heteroatoms. The molecule has 0 aromatic rings. The molecule has 0 bridgehead atoms. The molecule has 0 amide bonds. The van der Waals surface area contributed by atoms with Crippen molar-refractivity contribution in [2.24, 2.45) is 5.92 Å². The van der Waals surface area contributed by atoms with E-state index in [1.165, 1.54) is 19.3 Å². The van der Waals surface area contributed by atoms with Gasteiger partial charge in [-0.2, -0.15) is 8.42 Å². The van der Waals surface area contributed by atoms with E-state index in [9.17, 15) is 8.42 Å². The zero-order valence-electron chi connectivity index (χ0n) is 10.3. The molecular formula is C11H24O4S. The van der Waals surface area contributed by atoms with Crippen LogP contribution < -0.4 is 0 Å². The first-order chi connectivity index (χ1) is 7.49. The van der Waals surface area contributed by atoms with E-state index >= 15 is 0 Å². The molecule has 1 atom stereocenters. The number of hydrogen-bond acceptors (Lipinski definition) is 3. The maximum atomic E-state index is 10.4. The van der Waals surface area contributed by atoms with Gasteiger partial charge in [-0.25, -0.2) is 4.18 Å². The second kappa shape index (κ2) is 8.96. The van der Waals surface area contributed by atoms with Crippen LogP contribution >= 0.6 is 0 Å². The molecule has 1 N–H and O–H groups in total. The first-order valence-corrected chi connectivity index (χ1v) is 7.48. The van der Waals surface area contributed by atoms with Crippen molar-refractivity contribution in [2.45, 2.75) is 58.8 Å². The Bertz CT molecular complexity index is 249. The van der Waals surface area contributed by atoms with Crippen LogP contribution in [0.4, 0.5) is 0 Å². The van der Waals surface area contributed by atoms with E-state index in [-0.39, 0.29) is 6.61 Å². The summed E-state index contributed by atoms with van der Waals surface area (Å²) in [5.41, 5.74) is 0. The van der Waals surface area contributed by atoms with E-state index in [1.807, 2.05) is 0 Å². The average molecular weight is 252 g/mol. The van der Waals surface area contributed by atoms with Crippen molar-refractivity contribution in [3.63, 3.8) is 0 Å². The summed E-state index contributed by atoms with van der Waals surface area (Å²) in [5.74, 6) is 0.512. The number of hydrogen-bond donors (Lipinski definition) is 1. The molecule has 0 spiro atoms. The van der Waals surface area contributed by atoms with Crippen molar-refractivity contribution < 1.29 is 17.2 Å². The summed E-state index contributed by atoms with van der Waals surface area (Å²) in [6.45, 7) is 4.38. The Morgan fingerprint density at radius 2 is 1.75 bits per heavy atom. The largest absolute Gasteiger partial charge is 0.397 e. The van der Waals surface area contributed by atoms with Crippen LogP contribution in [0.5, 0.6) is 0 Å². The molecule has 4 nitrogen and oxygen atoms in total. The van der Waals surface area contributed by atoms with Gasteiger partial charge in [-0.15, -0.1) is 0 Å². The summed E-state index contributed by atoms with van der Waals surface area (Å²) in [6.07, 6.45) is 7.63. The number of rotatable bonds is 10. The van der Waals surface area contributed by atoms with Crippen LogP contribution in [0.25, 0.3) is 0 Å². The second-order valence-electron chi connectivity index (χ2n) is 4.19. The number of unbranched alkanes of at least 4 members (excludes halogenated alkanes) is 2. The van der Waals surface area contributed by atoms with E-state index in [1.54, 1.807) is 0 Å². The molecular weight excluding hydrogens is 228 g/mol. The van der Waals surface area contributed by atoms with Crippen LogP contribution in [0.1, 0.15) is 58.8 Å². The first-order valence-electron chi connectivity index (χ1n) is 6.11. The smallest absolute Gasteiger partial charge is 0.264 e. The van der Waals surface area contributed by atoms with Crippen LogP contribution in [-0.4, -0.2) is 19.6 Å². The third kappa shape index (κ3) is 10.4. The molecule has 16 heavy (non-hydrogen) atoms. The van der Waals surface area contributed by atoms with Crippen molar-refractivity contribution >= 4 is 10.4 Å². The molecule has 0 fully saturated rings. The van der Waals surface area contributed by atoms with Crippen LogP contribution in [0.15, 0.2) is 0 Å². The maximum absolute atomic E-state index is 10.4. The maximum Gasteiger partial charge on any atom is 0.397 e. The molecule has 0 saturated heterocycles. The zero-order valence-corrected chi connectivity index (χ0v) is 11.1. The van der Waals surface area contributed by atoms with Crippen molar-refractivity contribution in [1.29, 1.82) is 0 Å². The second-order valence-corrected chi connectivity index (χ2v) is 5.28. The fraction of sp³-hybridized carbons (Fsp3) is 1.00. The lowest BCUT2D eigenvalue weighted by Gasteiger charge is -2.15. The molecule has 0 aromatic heterocycles. The third-order valence-electron chi connectivity index (χ3n) is 2.67. The van der Waals surface area contributed by atoms with Gasteiger partial charge < -0.3 is 0 Å². The SMILES string of the molecule is CCCCCC(CCC)CCOS(=O)(=O)O. The van der Waals surface area contributed by atoms with Crippen molar-refractivity contribution in [2.75, 3.05) is 6.61 Å². The lowest BCUT2D eigenvalue weighted by atomic mass is 9.94. The molecule has 0 aliphatic heterocycles. The standard InChI is InChI=1S/C11H24O4S/c1-3-5-6-8-11(7-4-2)9-10-15-16(12,13)14/h11H,3-10H2,1-2H3,(H,12,13,14). The van der Waals surface area contributed by atoms with Gasteiger partial charge in [0.25, 0.3) is 0 Å². The predicted molar refractivity (Wildman–Crippen MR) is 64.7 cm³/mol. The highest BCUT2D eigenvalue weighted by Crippen LogP contribution is 2.19. The highest BCUT2D eigenvalue weighted by atomic mass is 32.3. The van der Waals surface area contributed by atoms with Gasteiger partial charge >= 0.3 is 10.4 Å². The summed E-state index contributed by atoms with van der Waals surface area (Å²) in [7, 11) is -4.26. The van der Waals surface area contributed by atoms with Crippen molar-refractivity contribution in [3.8, 4) is 0 Å². The van der Waals surface area contributed by atoms with E-state index in [4.69, 9.17) is 4.55 Å². The summed E-state index contributed by atoms with van der Waals surface area (Å²) in [6, 6.07) is 0. The summed E-state index contributed by atoms with van der Waals surface area (Å²) in [5, 5.41) is 0. The van der Waals surface area contributed by atoms with Gasteiger partial charge in [-0.1, -0.05) is 52.4 Å². The van der Waals surface area contributed by atoms with Gasteiger partial charge in [0.15, 0.2) is 0 Å². The van der Waals surface area contributed by atoms with Crippen LogP contribution in [0.2, 0.25) is 0 Å². The minimum atomic E-state index is -4.26. The Balaban J connectivity index is 3.75. The molecule has 98 valence electrons. The average Bonchev–Trinajstić information content (AvgIpc) is 2.16. The van der Waals surface area contributed by atoms with Gasteiger partial charge in [-0.05, 0) is 12.3 Å². The summed E-state index contributed by atoms with van der Waals surface area (Å²) in [4.78, 5) is 0. The Hall–Kier alpha value is -0.130. The molecule has 0 rings (SSSR count). The van der Waals surface area contributed by atoms with Crippen LogP contribution in [0, 0.1) is 5.92 Å². The normalized spacial score (nSPS) is 13.9. The van der Waals surface area contributed by atoms with Gasteiger partial charge in [0.05, 0.1) is 6.61 Å². The van der Waals surface area contributed by atoms with Gasteiger partial charge in [0, 0.05) is 0 Å². The molecule has 0 heterocycles. The fourth-order valence-corrected chi connectivity index (χ4v) is 2.15. The predicted octanol–water partition coefficient (Wildman–Crippen LogP) is 3.19. The minimum absolute atomic E-state index is 0.0929. The van der Waals surface area contributed by atoms with Crippen LogP contribution in [0.3, 0.4) is 0 Å². The highest BCUT2D eigenvalue weighted by molar-refractivity contribution is 7.80. The van der Waals surface area contributed by atoms with Crippen molar-refractivity contribution in [3.05, 3.63) is 0 Å². The molecule has 1 unspecified atom stereocenters. The van der Waals surface area contributed by atoms with E-state index in [0.717, 1.165) is 19.3 Å². The quantitative estimate of drug-likeness (QED) is 0.479. The Kier molecular flexibility index (Phi) is 8.89. The lowest BCUT2D eigenvalue weighted by Crippen LogP contribution is -2.10. The molecule has 0 aliphatic rings. The molecule has 0 aromatic carbocycles. The summed E-state index contributed by atoms with van der Waals surface area (Å²) >= 11 is 0. The topological polar surface area (TPSA) is 63.6 Å². The monoisotopic (exact) mass is 252 g/mol. The first kappa shape index (κ1) is 15.9. The lowest BCUT2D eigenvalue weighted by molar-refractivity contribution is 0.236. The van der Waals surface area contributed by atoms with Gasteiger partial charge in [0.1, 0.15) is 0 Å². The highest BCUT2D eigenvalue weighted by Gasteiger charge is 2.10. The molecule has 0 saturated carbocycles. The van der Waals surface area contributed by atoms with E-state index in [0.29, 0.717) is 12.3 Å². The van der Waals surface area contributed by atoms with E-state index in [2.05, 4.69) is 18.0 Å². The Morgan fingerprint density at radius 3 is 2.25 bits per heavy atom. The minimum Gasteiger partial charge on any atom is -0.264 e. The van der Waals surface area contributed by atoms with Gasteiger partial charge in [-0.3, -0.25) is 4.55 Å². The Labute approximate surface area is 99.3 Å². The zero-order chi connectivity index (χ0) is 12.4. The Morgan fingerprint density at radius 1 is 1.06 bits per heavy atom. The molecule has 0 aliphatic carbocycles. The third-order valence-corrected chi connectivity index (χ3v) is 3.14. The van der Waals surface area contributed by atoms with Gasteiger partial charge in [0.2, 0.25) is 0 Å². The summed E-state index contributed by atoms with van der Waals surface area (Å²) < 4.78 is 33.5. The molecule has 0 radical (unpaired) electrons. The van der Waals surface area contributed by atoms with Crippen molar-refractivity contribution in [1.82, 2.24) is 0 Å².